The normalized spacial score (nSPS) is 11.4. The number of aromatic nitrogens is 1. The van der Waals surface area contributed by atoms with Crippen LogP contribution in [-0.2, 0) is 11.3 Å². The number of nitrogens with zero attached hydrogens (tertiary/aromatic N) is 1. The van der Waals surface area contributed by atoms with Crippen molar-refractivity contribution in [3.05, 3.63) is 34.2 Å². The number of hydrogen-bond donors (Lipinski definition) is 1. The highest BCUT2D eigenvalue weighted by atomic mass is 16.5. The average molecular weight is 266 g/mol. The van der Waals surface area contributed by atoms with Crippen molar-refractivity contribution in [1.29, 1.82) is 0 Å². The first-order valence-electron chi connectivity index (χ1n) is 6.44. The molecule has 0 saturated carbocycles. The molecule has 0 fully saturated rings. The average Bonchev–Trinajstić information content (AvgIpc) is 2.29. The van der Waals surface area contributed by atoms with E-state index in [0.29, 0.717) is 25.3 Å². The summed E-state index contributed by atoms with van der Waals surface area (Å²) in [7, 11) is 0. The summed E-state index contributed by atoms with van der Waals surface area (Å²) in [5.41, 5.74) is -0.130. The monoisotopic (exact) mass is 266 g/mol. The molecular weight excluding hydrogens is 244 g/mol. The summed E-state index contributed by atoms with van der Waals surface area (Å²) in [6.45, 7) is 9.21. The van der Waals surface area contributed by atoms with E-state index in [-0.39, 0.29) is 17.0 Å². The molecule has 0 aliphatic rings. The van der Waals surface area contributed by atoms with Gasteiger partial charge in [-0.3, -0.25) is 9.59 Å². The molecule has 0 radical (unpaired) electrons. The lowest BCUT2D eigenvalue weighted by atomic mass is 10.1. The molecule has 5 nitrogen and oxygen atoms in total. The molecular formula is C14H22N2O3. The minimum Gasteiger partial charge on any atom is -0.380 e. The van der Waals surface area contributed by atoms with E-state index in [2.05, 4.69) is 5.32 Å². The molecule has 0 spiro atoms. The minimum absolute atomic E-state index is 0.193. The van der Waals surface area contributed by atoms with Crippen molar-refractivity contribution >= 4 is 5.91 Å². The molecule has 0 saturated heterocycles. The number of nitrogens with one attached hydrogen (secondary N) is 1. The fourth-order valence-corrected chi connectivity index (χ4v) is 1.55. The van der Waals surface area contributed by atoms with E-state index in [1.807, 2.05) is 27.7 Å². The second-order valence-corrected chi connectivity index (χ2v) is 5.35. The molecule has 1 N–H and O–H groups in total. The first-order chi connectivity index (χ1) is 8.83. The van der Waals surface area contributed by atoms with Gasteiger partial charge in [-0.1, -0.05) is 0 Å². The number of rotatable bonds is 5. The van der Waals surface area contributed by atoms with Gasteiger partial charge in [-0.05, 0) is 33.8 Å². The van der Waals surface area contributed by atoms with Crippen molar-refractivity contribution in [2.75, 3.05) is 13.2 Å². The van der Waals surface area contributed by atoms with Crippen LogP contribution in [0.5, 0.6) is 0 Å². The Kier molecular flexibility index (Phi) is 5.30. The van der Waals surface area contributed by atoms with E-state index >= 15 is 0 Å². The van der Waals surface area contributed by atoms with E-state index < -0.39 is 0 Å². The van der Waals surface area contributed by atoms with Gasteiger partial charge in [0.1, 0.15) is 0 Å². The number of carbonyl (C=O) groups is 1. The van der Waals surface area contributed by atoms with Crippen molar-refractivity contribution < 1.29 is 9.53 Å². The van der Waals surface area contributed by atoms with Crippen molar-refractivity contribution in [3.63, 3.8) is 0 Å². The van der Waals surface area contributed by atoms with Gasteiger partial charge in [0.05, 0.1) is 6.61 Å². The van der Waals surface area contributed by atoms with Crippen molar-refractivity contribution in [2.45, 2.75) is 39.8 Å². The summed E-state index contributed by atoms with van der Waals surface area (Å²) < 4.78 is 6.73. The summed E-state index contributed by atoms with van der Waals surface area (Å²) in [5, 5.41) is 2.82. The predicted molar refractivity (Wildman–Crippen MR) is 74.4 cm³/mol. The fourth-order valence-electron chi connectivity index (χ4n) is 1.55. The number of carbonyl (C=O) groups excluding carboxylic acids is 1. The summed E-state index contributed by atoms with van der Waals surface area (Å²) in [5.74, 6) is -0.235. The summed E-state index contributed by atoms with van der Waals surface area (Å²) in [6, 6.07) is 3.00. The molecule has 0 aromatic carbocycles. The lowest BCUT2D eigenvalue weighted by Crippen LogP contribution is -2.41. The Labute approximate surface area is 113 Å². The Balaban J connectivity index is 2.76. The van der Waals surface area contributed by atoms with Crippen LogP contribution in [0.4, 0.5) is 0 Å². The van der Waals surface area contributed by atoms with Crippen LogP contribution in [-0.4, -0.2) is 29.2 Å². The Bertz CT molecular complexity index is 486. The zero-order valence-corrected chi connectivity index (χ0v) is 12.0. The Hall–Kier alpha value is -1.62. The highest BCUT2D eigenvalue weighted by molar-refractivity contribution is 5.94. The standard InChI is InChI=1S/C14H22N2O3/c1-5-19-9-8-16-7-6-11(10-12(16)17)13(18)15-14(2,3)4/h6-7,10H,5,8-9H2,1-4H3,(H,15,18). The quantitative estimate of drug-likeness (QED) is 0.820. The van der Waals surface area contributed by atoms with Gasteiger partial charge in [-0.15, -0.1) is 0 Å². The van der Waals surface area contributed by atoms with E-state index in [1.165, 1.54) is 10.6 Å². The molecule has 0 aliphatic carbocycles. The van der Waals surface area contributed by atoms with Gasteiger partial charge in [-0.2, -0.15) is 0 Å². The zero-order chi connectivity index (χ0) is 14.5. The molecule has 0 unspecified atom stereocenters. The molecule has 1 rings (SSSR count). The minimum atomic E-state index is -0.319. The highest BCUT2D eigenvalue weighted by Gasteiger charge is 2.15. The summed E-state index contributed by atoms with van der Waals surface area (Å²) in [6.07, 6.45) is 1.62. The molecule has 0 atom stereocenters. The molecule has 5 heteroatoms. The maximum atomic E-state index is 11.9. The second kappa shape index (κ2) is 6.52. The van der Waals surface area contributed by atoms with Gasteiger partial charge in [0.2, 0.25) is 0 Å². The van der Waals surface area contributed by atoms with Crippen LogP contribution in [0, 0.1) is 0 Å². The Morgan fingerprint density at radius 1 is 1.42 bits per heavy atom. The van der Waals surface area contributed by atoms with Crippen LogP contribution in [0.2, 0.25) is 0 Å². The van der Waals surface area contributed by atoms with Crippen LogP contribution in [0.3, 0.4) is 0 Å². The maximum absolute atomic E-state index is 11.9. The van der Waals surface area contributed by atoms with Crippen LogP contribution in [0.15, 0.2) is 23.1 Å². The third kappa shape index (κ3) is 5.26. The highest BCUT2D eigenvalue weighted by Crippen LogP contribution is 2.02. The van der Waals surface area contributed by atoms with Gasteiger partial charge >= 0.3 is 0 Å². The lowest BCUT2D eigenvalue weighted by molar-refractivity contribution is 0.0919. The van der Waals surface area contributed by atoms with Crippen molar-refractivity contribution in [3.8, 4) is 0 Å². The molecule has 0 bridgehead atoms. The third-order valence-electron chi connectivity index (χ3n) is 2.43. The van der Waals surface area contributed by atoms with E-state index in [0.717, 1.165) is 0 Å². The predicted octanol–water partition coefficient (Wildman–Crippen LogP) is 1.41. The number of hydrogen-bond acceptors (Lipinski definition) is 3. The molecule has 19 heavy (non-hydrogen) atoms. The Morgan fingerprint density at radius 2 is 2.11 bits per heavy atom. The van der Waals surface area contributed by atoms with Gasteiger partial charge in [0, 0.05) is 36.5 Å². The largest absolute Gasteiger partial charge is 0.380 e. The van der Waals surface area contributed by atoms with Gasteiger partial charge < -0.3 is 14.6 Å². The first-order valence-corrected chi connectivity index (χ1v) is 6.44. The number of ether oxygens (including phenoxy) is 1. The summed E-state index contributed by atoms with van der Waals surface area (Å²) in [4.78, 5) is 23.7. The van der Waals surface area contributed by atoms with Gasteiger partial charge in [0.15, 0.2) is 0 Å². The molecule has 0 aliphatic heterocycles. The number of pyridine rings is 1. The van der Waals surface area contributed by atoms with Crippen molar-refractivity contribution in [1.82, 2.24) is 9.88 Å². The smallest absolute Gasteiger partial charge is 0.251 e. The van der Waals surface area contributed by atoms with E-state index in [1.54, 1.807) is 12.3 Å². The molecule has 1 aromatic rings. The molecule has 1 amide bonds. The Morgan fingerprint density at radius 3 is 2.63 bits per heavy atom. The third-order valence-corrected chi connectivity index (χ3v) is 2.43. The maximum Gasteiger partial charge on any atom is 0.251 e. The molecule has 106 valence electrons. The van der Waals surface area contributed by atoms with Crippen molar-refractivity contribution in [2.24, 2.45) is 0 Å². The second-order valence-electron chi connectivity index (χ2n) is 5.35. The van der Waals surface area contributed by atoms with Crippen LogP contribution in [0.25, 0.3) is 0 Å². The number of amides is 1. The van der Waals surface area contributed by atoms with Gasteiger partial charge in [0.25, 0.3) is 11.5 Å². The topological polar surface area (TPSA) is 60.3 Å². The first kappa shape index (κ1) is 15.4. The van der Waals surface area contributed by atoms with Gasteiger partial charge in [-0.25, -0.2) is 0 Å². The zero-order valence-electron chi connectivity index (χ0n) is 12.0. The van der Waals surface area contributed by atoms with Crippen LogP contribution in [0.1, 0.15) is 38.1 Å². The fraction of sp³-hybridized carbons (Fsp3) is 0.571. The van der Waals surface area contributed by atoms with E-state index in [9.17, 15) is 9.59 Å². The van der Waals surface area contributed by atoms with E-state index in [4.69, 9.17) is 4.74 Å². The van der Waals surface area contributed by atoms with Crippen LogP contribution < -0.4 is 10.9 Å². The molecule has 1 aromatic heterocycles. The molecule has 1 heterocycles. The SMILES string of the molecule is CCOCCn1ccc(C(=O)NC(C)(C)C)cc1=O. The summed E-state index contributed by atoms with van der Waals surface area (Å²) >= 11 is 0. The lowest BCUT2D eigenvalue weighted by Gasteiger charge is -2.20. The van der Waals surface area contributed by atoms with Crippen LogP contribution >= 0.6 is 0 Å².